The number of nitrogens with one attached hydrogen (secondary N) is 1. The molecule has 2 aromatic rings. The fourth-order valence-corrected chi connectivity index (χ4v) is 3.41. The molecule has 1 fully saturated rings. The Bertz CT molecular complexity index is 609. The number of nitrogens with zero attached hydrogens (tertiary/aromatic N) is 2. The maximum atomic E-state index is 12.5. The molecule has 0 unspecified atom stereocenters. The zero-order valence-corrected chi connectivity index (χ0v) is 13.5. The molecule has 2 atom stereocenters. The van der Waals surface area contributed by atoms with Gasteiger partial charge in [0.1, 0.15) is 5.82 Å². The van der Waals surface area contributed by atoms with Gasteiger partial charge in [-0.05, 0) is 41.7 Å². The highest BCUT2D eigenvalue weighted by molar-refractivity contribution is 7.07. The lowest BCUT2D eigenvalue weighted by molar-refractivity contribution is -0.124. The van der Waals surface area contributed by atoms with Gasteiger partial charge in [0.05, 0.1) is 18.8 Å². The number of hydrogen-bond donors (Lipinski definition) is 1. The summed E-state index contributed by atoms with van der Waals surface area (Å²) in [5.41, 5.74) is 1.20. The van der Waals surface area contributed by atoms with Gasteiger partial charge >= 0.3 is 0 Å². The van der Waals surface area contributed by atoms with Crippen LogP contribution in [0.15, 0.2) is 29.1 Å². The molecule has 3 rings (SSSR count). The number of aromatic nitrogens is 2. The Morgan fingerprint density at radius 3 is 3.23 bits per heavy atom. The van der Waals surface area contributed by atoms with Gasteiger partial charge in [-0.25, -0.2) is 4.68 Å². The van der Waals surface area contributed by atoms with Gasteiger partial charge < -0.3 is 10.1 Å². The zero-order valence-electron chi connectivity index (χ0n) is 12.7. The van der Waals surface area contributed by atoms with Crippen molar-refractivity contribution in [3.05, 3.63) is 34.7 Å². The second-order valence-corrected chi connectivity index (χ2v) is 6.40. The van der Waals surface area contributed by atoms with E-state index in [0.29, 0.717) is 13.2 Å². The molecule has 5 nitrogen and oxygen atoms in total. The van der Waals surface area contributed by atoms with Crippen LogP contribution in [-0.4, -0.2) is 28.4 Å². The van der Waals surface area contributed by atoms with Gasteiger partial charge in [-0.2, -0.15) is 16.4 Å². The van der Waals surface area contributed by atoms with Gasteiger partial charge in [0.2, 0.25) is 5.91 Å². The molecule has 3 heterocycles. The van der Waals surface area contributed by atoms with Gasteiger partial charge in [-0.15, -0.1) is 0 Å². The molecule has 0 spiro atoms. The van der Waals surface area contributed by atoms with E-state index in [1.807, 2.05) is 16.1 Å². The molecule has 1 aliphatic rings. The van der Waals surface area contributed by atoms with Crippen LogP contribution in [0, 0.1) is 5.92 Å². The van der Waals surface area contributed by atoms with E-state index in [9.17, 15) is 4.79 Å². The van der Waals surface area contributed by atoms with Crippen molar-refractivity contribution in [2.75, 3.05) is 11.9 Å². The van der Waals surface area contributed by atoms with Crippen molar-refractivity contribution in [1.29, 1.82) is 0 Å². The van der Waals surface area contributed by atoms with Crippen LogP contribution in [0.3, 0.4) is 0 Å². The highest BCUT2D eigenvalue weighted by atomic mass is 32.1. The first-order chi connectivity index (χ1) is 10.8. The summed E-state index contributed by atoms with van der Waals surface area (Å²) in [5.74, 6) is 0.868. The predicted molar refractivity (Wildman–Crippen MR) is 87.0 cm³/mol. The van der Waals surface area contributed by atoms with Crippen LogP contribution < -0.4 is 5.32 Å². The van der Waals surface area contributed by atoms with Crippen molar-refractivity contribution < 1.29 is 9.53 Å². The summed E-state index contributed by atoms with van der Waals surface area (Å²) in [5, 5.41) is 11.5. The van der Waals surface area contributed by atoms with E-state index in [1.54, 1.807) is 17.5 Å². The first-order valence-electron chi connectivity index (χ1n) is 7.71. The normalized spacial score (nSPS) is 21.7. The summed E-state index contributed by atoms with van der Waals surface area (Å²) in [6.45, 7) is 3.45. The number of carbonyl (C=O) groups excluding carboxylic acids is 1. The van der Waals surface area contributed by atoms with Crippen LogP contribution in [0.1, 0.15) is 31.7 Å². The number of amides is 1. The Balaban J connectivity index is 1.63. The van der Waals surface area contributed by atoms with Crippen molar-refractivity contribution in [2.24, 2.45) is 5.92 Å². The average Bonchev–Trinajstić information content (AvgIpc) is 3.20. The molecule has 0 bridgehead atoms. The lowest BCUT2D eigenvalue weighted by atomic mass is 9.93. The first-order valence-corrected chi connectivity index (χ1v) is 8.66. The second kappa shape index (κ2) is 7.07. The fraction of sp³-hybridized carbons (Fsp3) is 0.500. The summed E-state index contributed by atoms with van der Waals surface area (Å²) in [7, 11) is 0. The molecule has 0 aromatic carbocycles. The van der Waals surface area contributed by atoms with Crippen LogP contribution in [0.5, 0.6) is 0 Å². The van der Waals surface area contributed by atoms with E-state index in [1.165, 1.54) is 5.56 Å². The minimum atomic E-state index is 0.0307. The van der Waals surface area contributed by atoms with Gasteiger partial charge in [-0.3, -0.25) is 4.79 Å². The molecule has 2 aromatic heterocycles. The van der Waals surface area contributed by atoms with E-state index in [4.69, 9.17) is 4.74 Å². The van der Waals surface area contributed by atoms with Crippen LogP contribution in [0.2, 0.25) is 0 Å². The predicted octanol–water partition coefficient (Wildman–Crippen LogP) is 3.14. The average molecular weight is 319 g/mol. The monoisotopic (exact) mass is 319 g/mol. The summed E-state index contributed by atoms with van der Waals surface area (Å²) >= 11 is 1.66. The molecular weight excluding hydrogens is 298 g/mol. The Morgan fingerprint density at radius 2 is 2.45 bits per heavy atom. The number of anilines is 1. The molecule has 118 valence electrons. The van der Waals surface area contributed by atoms with E-state index < -0.39 is 0 Å². The van der Waals surface area contributed by atoms with Gasteiger partial charge in [-0.1, -0.05) is 6.92 Å². The van der Waals surface area contributed by atoms with Crippen LogP contribution in [0.4, 0.5) is 5.82 Å². The third-order valence-electron chi connectivity index (χ3n) is 4.07. The minimum Gasteiger partial charge on any atom is -0.378 e. The molecule has 1 amide bonds. The lowest BCUT2D eigenvalue weighted by Gasteiger charge is -2.28. The number of thiophene rings is 1. The van der Waals surface area contributed by atoms with Crippen LogP contribution in [0.25, 0.3) is 0 Å². The molecule has 0 radical (unpaired) electrons. The largest absolute Gasteiger partial charge is 0.378 e. The standard InChI is InChI=1S/C16H21N3O2S/c1-2-14-9-13(4-7-21-14)16(20)18-15-3-6-17-19(15)10-12-5-8-22-11-12/h3,5-6,8,11,13-14H,2,4,7,9-10H2,1H3,(H,18,20)/t13-,14+/m1/s1. The van der Waals surface area contributed by atoms with E-state index in [2.05, 4.69) is 28.8 Å². The molecule has 0 aliphatic carbocycles. The minimum absolute atomic E-state index is 0.0307. The molecule has 1 saturated heterocycles. The third kappa shape index (κ3) is 3.56. The van der Waals surface area contributed by atoms with E-state index in [-0.39, 0.29) is 17.9 Å². The summed E-state index contributed by atoms with van der Waals surface area (Å²) in [6.07, 6.45) is 4.49. The fourth-order valence-electron chi connectivity index (χ4n) is 2.75. The number of rotatable bonds is 5. The third-order valence-corrected chi connectivity index (χ3v) is 4.81. The van der Waals surface area contributed by atoms with Crippen molar-refractivity contribution in [1.82, 2.24) is 9.78 Å². The number of hydrogen-bond acceptors (Lipinski definition) is 4. The maximum absolute atomic E-state index is 12.5. The van der Waals surface area contributed by atoms with E-state index in [0.717, 1.165) is 25.1 Å². The molecular formula is C16H21N3O2S. The molecule has 22 heavy (non-hydrogen) atoms. The Morgan fingerprint density at radius 1 is 1.55 bits per heavy atom. The molecule has 6 heteroatoms. The lowest BCUT2D eigenvalue weighted by Crippen LogP contribution is -2.33. The van der Waals surface area contributed by atoms with E-state index >= 15 is 0 Å². The van der Waals surface area contributed by atoms with Crippen molar-refractivity contribution in [2.45, 2.75) is 38.8 Å². The highest BCUT2D eigenvalue weighted by Crippen LogP contribution is 2.23. The van der Waals surface area contributed by atoms with Crippen LogP contribution in [-0.2, 0) is 16.1 Å². The summed E-state index contributed by atoms with van der Waals surface area (Å²) < 4.78 is 7.47. The van der Waals surface area contributed by atoms with Crippen molar-refractivity contribution >= 4 is 23.1 Å². The van der Waals surface area contributed by atoms with Crippen molar-refractivity contribution in [3.63, 3.8) is 0 Å². The zero-order chi connectivity index (χ0) is 15.4. The molecule has 1 aliphatic heterocycles. The number of carbonyl (C=O) groups is 1. The Kier molecular flexibility index (Phi) is 4.90. The van der Waals surface area contributed by atoms with Gasteiger partial charge in [0.25, 0.3) is 0 Å². The Hall–Kier alpha value is -1.66. The topological polar surface area (TPSA) is 56.2 Å². The van der Waals surface area contributed by atoms with Gasteiger partial charge in [0.15, 0.2) is 0 Å². The summed E-state index contributed by atoms with van der Waals surface area (Å²) in [6, 6.07) is 3.92. The van der Waals surface area contributed by atoms with Crippen molar-refractivity contribution in [3.8, 4) is 0 Å². The Labute approximate surface area is 134 Å². The van der Waals surface area contributed by atoms with Gasteiger partial charge in [0, 0.05) is 18.6 Å². The SMILES string of the molecule is CC[C@H]1C[C@H](C(=O)Nc2ccnn2Cc2ccsc2)CCO1. The highest BCUT2D eigenvalue weighted by Gasteiger charge is 2.27. The molecule has 1 N–H and O–H groups in total. The quantitative estimate of drug-likeness (QED) is 0.921. The smallest absolute Gasteiger partial charge is 0.228 e. The maximum Gasteiger partial charge on any atom is 0.228 e. The second-order valence-electron chi connectivity index (χ2n) is 5.62. The first kappa shape index (κ1) is 15.2. The number of ether oxygens (including phenoxy) is 1. The van der Waals surface area contributed by atoms with Crippen LogP contribution >= 0.6 is 11.3 Å². The molecule has 0 saturated carbocycles. The summed E-state index contributed by atoms with van der Waals surface area (Å²) in [4.78, 5) is 12.5.